The van der Waals surface area contributed by atoms with Gasteiger partial charge in [0.1, 0.15) is 0 Å². The van der Waals surface area contributed by atoms with Crippen LogP contribution in [-0.2, 0) is 6.18 Å². The number of anilines is 2. The maximum atomic E-state index is 12.9. The number of para-hydroxylation sites is 2. The Labute approximate surface area is 150 Å². The third-order valence-corrected chi connectivity index (χ3v) is 4.56. The summed E-state index contributed by atoms with van der Waals surface area (Å²) < 4.78 is 38.6. The third-order valence-electron chi connectivity index (χ3n) is 4.56. The van der Waals surface area contributed by atoms with Crippen LogP contribution in [0.3, 0.4) is 0 Å². The molecule has 2 N–H and O–H groups in total. The van der Waals surface area contributed by atoms with Crippen LogP contribution in [0.4, 0.5) is 24.5 Å². The number of carbonyl (C=O) groups excluding carboxylic acids is 1. The Bertz CT molecular complexity index is 784. The Hall–Kier alpha value is -2.54. The molecule has 0 bridgehead atoms. The van der Waals surface area contributed by atoms with Crippen LogP contribution >= 0.6 is 0 Å². The first-order valence-electron chi connectivity index (χ1n) is 8.48. The number of benzene rings is 2. The van der Waals surface area contributed by atoms with E-state index in [9.17, 15) is 18.0 Å². The fraction of sp³-hybridized carbons (Fsp3) is 0.316. The van der Waals surface area contributed by atoms with Gasteiger partial charge >= 0.3 is 6.18 Å². The summed E-state index contributed by atoms with van der Waals surface area (Å²) in [5.74, 6) is -0.552. The van der Waals surface area contributed by atoms with Crippen molar-refractivity contribution in [1.29, 1.82) is 0 Å². The summed E-state index contributed by atoms with van der Waals surface area (Å²) in [6, 6.07) is 11.8. The number of hydrogen-bond acceptors (Lipinski definition) is 2. The van der Waals surface area contributed by atoms with E-state index in [1.165, 1.54) is 17.0 Å². The summed E-state index contributed by atoms with van der Waals surface area (Å²) in [6.07, 6.45) is -4.48. The quantitative estimate of drug-likeness (QED) is 0.877. The highest BCUT2D eigenvalue weighted by molar-refractivity contribution is 6.06. The Balaban J connectivity index is 1.80. The van der Waals surface area contributed by atoms with Gasteiger partial charge in [0.2, 0.25) is 0 Å². The van der Waals surface area contributed by atoms with Crippen molar-refractivity contribution in [3.63, 3.8) is 0 Å². The van der Waals surface area contributed by atoms with Crippen molar-refractivity contribution < 1.29 is 22.9 Å². The number of alkyl halides is 3. The fourth-order valence-corrected chi connectivity index (χ4v) is 3.02. The highest BCUT2D eigenvalue weighted by Gasteiger charge is 2.31. The summed E-state index contributed by atoms with van der Waals surface area (Å²) in [5.41, 5.74) is 0.646. The second-order valence-electron chi connectivity index (χ2n) is 6.49. The molecule has 1 amide bonds. The Morgan fingerprint density at radius 1 is 1.08 bits per heavy atom. The summed E-state index contributed by atoms with van der Waals surface area (Å²) in [4.78, 5) is 16.1. The van der Waals surface area contributed by atoms with Crippen molar-refractivity contribution in [1.82, 2.24) is 0 Å². The average Bonchev–Trinajstić information content (AvgIpc) is 2.62. The van der Waals surface area contributed by atoms with Crippen molar-refractivity contribution in [2.24, 2.45) is 0 Å². The largest absolute Gasteiger partial charge is 0.416 e. The van der Waals surface area contributed by atoms with Gasteiger partial charge in [-0.15, -0.1) is 0 Å². The van der Waals surface area contributed by atoms with Crippen molar-refractivity contribution in [2.45, 2.75) is 6.18 Å². The first kappa shape index (κ1) is 18.3. The topological polar surface area (TPSA) is 36.8 Å². The van der Waals surface area contributed by atoms with Crippen LogP contribution in [0.5, 0.6) is 0 Å². The van der Waals surface area contributed by atoms with E-state index in [-0.39, 0.29) is 5.56 Å². The Kier molecular flexibility index (Phi) is 5.18. The van der Waals surface area contributed by atoms with E-state index in [0.717, 1.165) is 44.0 Å². The molecule has 0 aliphatic carbocycles. The molecule has 1 heterocycles. The summed E-state index contributed by atoms with van der Waals surface area (Å²) in [7, 11) is 2.14. The number of quaternary nitrogens is 1. The predicted octanol–water partition coefficient (Wildman–Crippen LogP) is 2.29. The Morgan fingerprint density at radius 3 is 2.46 bits per heavy atom. The first-order chi connectivity index (χ1) is 12.3. The van der Waals surface area contributed by atoms with Gasteiger partial charge < -0.3 is 15.1 Å². The number of rotatable bonds is 3. The molecule has 138 valence electrons. The van der Waals surface area contributed by atoms with E-state index in [0.29, 0.717) is 5.69 Å². The van der Waals surface area contributed by atoms with Gasteiger partial charge in [-0.25, -0.2) is 0 Å². The molecule has 26 heavy (non-hydrogen) atoms. The van der Waals surface area contributed by atoms with E-state index < -0.39 is 17.6 Å². The zero-order valence-electron chi connectivity index (χ0n) is 14.4. The van der Waals surface area contributed by atoms with Gasteiger partial charge in [-0.05, 0) is 30.3 Å². The molecular formula is C19H21F3N3O+. The van der Waals surface area contributed by atoms with E-state index in [1.54, 1.807) is 12.1 Å². The number of halogens is 3. The molecule has 0 atom stereocenters. The number of piperazine rings is 1. The summed E-state index contributed by atoms with van der Waals surface area (Å²) in [6.45, 7) is 3.72. The lowest BCUT2D eigenvalue weighted by Crippen LogP contribution is -3.12. The van der Waals surface area contributed by atoms with Gasteiger partial charge in [-0.3, -0.25) is 4.79 Å². The van der Waals surface area contributed by atoms with E-state index in [1.807, 2.05) is 12.1 Å². The average molecular weight is 364 g/mol. The zero-order chi connectivity index (χ0) is 18.7. The molecule has 0 aromatic heterocycles. The second kappa shape index (κ2) is 7.37. The minimum Gasteiger partial charge on any atom is -0.359 e. The van der Waals surface area contributed by atoms with Gasteiger partial charge in [0.25, 0.3) is 5.91 Å². The molecule has 0 unspecified atom stereocenters. The second-order valence-corrected chi connectivity index (χ2v) is 6.49. The third kappa shape index (κ3) is 4.16. The zero-order valence-corrected chi connectivity index (χ0v) is 14.4. The van der Waals surface area contributed by atoms with E-state index >= 15 is 0 Å². The lowest BCUT2D eigenvalue weighted by molar-refractivity contribution is -0.880. The molecule has 1 fully saturated rings. The van der Waals surface area contributed by atoms with Crippen molar-refractivity contribution in [3.8, 4) is 0 Å². The maximum Gasteiger partial charge on any atom is 0.416 e. The van der Waals surface area contributed by atoms with Gasteiger partial charge in [0.05, 0.1) is 50.2 Å². The molecular weight excluding hydrogens is 343 g/mol. The predicted molar refractivity (Wildman–Crippen MR) is 94.7 cm³/mol. The lowest BCUT2D eigenvalue weighted by atomic mass is 10.1. The van der Waals surface area contributed by atoms with E-state index in [4.69, 9.17) is 0 Å². The summed E-state index contributed by atoms with van der Waals surface area (Å²) >= 11 is 0. The molecule has 0 radical (unpaired) electrons. The number of carbonyl (C=O) groups is 1. The monoisotopic (exact) mass is 364 g/mol. The molecule has 7 heteroatoms. The lowest BCUT2D eigenvalue weighted by Gasteiger charge is -2.33. The van der Waals surface area contributed by atoms with E-state index in [2.05, 4.69) is 17.3 Å². The van der Waals surface area contributed by atoms with Gasteiger partial charge in [0, 0.05) is 5.56 Å². The molecule has 0 saturated carbocycles. The molecule has 3 rings (SSSR count). The SMILES string of the molecule is C[NH+]1CCN(c2ccccc2NC(=O)c2cccc(C(F)(F)F)c2)CC1. The van der Waals surface area contributed by atoms with Gasteiger partial charge in [-0.1, -0.05) is 18.2 Å². The molecule has 0 spiro atoms. The molecule has 2 aromatic carbocycles. The maximum absolute atomic E-state index is 12.9. The van der Waals surface area contributed by atoms with Gasteiger partial charge in [0.15, 0.2) is 0 Å². The molecule has 2 aromatic rings. The fourth-order valence-electron chi connectivity index (χ4n) is 3.02. The van der Waals surface area contributed by atoms with Crippen LogP contribution in [0.2, 0.25) is 0 Å². The van der Waals surface area contributed by atoms with Crippen LogP contribution in [0.25, 0.3) is 0 Å². The molecule has 1 saturated heterocycles. The Morgan fingerprint density at radius 2 is 1.77 bits per heavy atom. The van der Waals surface area contributed by atoms with Crippen LogP contribution in [0.1, 0.15) is 15.9 Å². The first-order valence-corrected chi connectivity index (χ1v) is 8.48. The van der Waals surface area contributed by atoms with Crippen molar-refractivity contribution in [2.75, 3.05) is 43.4 Å². The minimum atomic E-state index is -4.48. The van der Waals surface area contributed by atoms with Crippen LogP contribution < -0.4 is 15.1 Å². The highest BCUT2D eigenvalue weighted by atomic mass is 19.4. The molecule has 1 aliphatic heterocycles. The number of amides is 1. The standard InChI is InChI=1S/C19H20F3N3O/c1-24-9-11-25(12-10-24)17-8-3-2-7-16(17)23-18(26)14-5-4-6-15(13-14)19(20,21)22/h2-8,13H,9-12H2,1H3,(H,23,26)/p+1. The molecule has 4 nitrogen and oxygen atoms in total. The van der Waals surface area contributed by atoms with Crippen molar-refractivity contribution >= 4 is 17.3 Å². The van der Waals surface area contributed by atoms with Crippen LogP contribution in [-0.4, -0.2) is 39.1 Å². The van der Waals surface area contributed by atoms with Crippen LogP contribution in [0, 0.1) is 0 Å². The van der Waals surface area contributed by atoms with Crippen molar-refractivity contribution in [3.05, 3.63) is 59.7 Å². The van der Waals surface area contributed by atoms with Gasteiger partial charge in [-0.2, -0.15) is 13.2 Å². The highest BCUT2D eigenvalue weighted by Crippen LogP contribution is 2.30. The number of likely N-dealkylation sites (N-methyl/N-ethyl adjacent to an activating group) is 1. The number of nitrogens with zero attached hydrogens (tertiary/aromatic N) is 1. The number of nitrogens with one attached hydrogen (secondary N) is 2. The minimum absolute atomic E-state index is 0.0162. The summed E-state index contributed by atoms with van der Waals surface area (Å²) in [5, 5.41) is 2.76. The normalized spacial score (nSPS) is 15.8. The molecule has 1 aliphatic rings. The smallest absolute Gasteiger partial charge is 0.359 e. The number of hydrogen-bond donors (Lipinski definition) is 2. The van der Waals surface area contributed by atoms with Crippen LogP contribution in [0.15, 0.2) is 48.5 Å².